The SMILES string of the molecule is CCCCCCCCCCc1cc2nnc3ccc(C(=O)OC)cc3c2o1. The molecule has 0 unspecified atom stereocenters. The van der Waals surface area contributed by atoms with Crippen molar-refractivity contribution in [2.24, 2.45) is 0 Å². The molecule has 0 spiro atoms. The fourth-order valence-electron chi connectivity index (χ4n) is 3.41. The van der Waals surface area contributed by atoms with E-state index in [2.05, 4.69) is 17.1 Å². The van der Waals surface area contributed by atoms with Crippen LogP contribution in [0.2, 0.25) is 0 Å². The van der Waals surface area contributed by atoms with Crippen LogP contribution in [0.3, 0.4) is 0 Å². The summed E-state index contributed by atoms with van der Waals surface area (Å²) in [6.07, 6.45) is 11.2. The predicted octanol–water partition coefficient (Wildman–Crippen LogP) is 5.85. The van der Waals surface area contributed by atoms with Gasteiger partial charge in [0, 0.05) is 17.9 Å². The van der Waals surface area contributed by atoms with Crippen LogP contribution in [0, 0.1) is 0 Å². The monoisotopic (exact) mass is 368 g/mol. The van der Waals surface area contributed by atoms with E-state index < -0.39 is 0 Å². The molecule has 0 atom stereocenters. The van der Waals surface area contributed by atoms with Crippen LogP contribution in [0.1, 0.15) is 74.4 Å². The van der Waals surface area contributed by atoms with Gasteiger partial charge in [0.05, 0.1) is 18.2 Å². The Morgan fingerprint density at radius 3 is 2.41 bits per heavy atom. The molecule has 0 aliphatic rings. The molecule has 27 heavy (non-hydrogen) atoms. The molecule has 0 aliphatic heterocycles. The third-order valence-electron chi connectivity index (χ3n) is 4.97. The number of hydrogen-bond acceptors (Lipinski definition) is 5. The Balaban J connectivity index is 1.64. The summed E-state index contributed by atoms with van der Waals surface area (Å²) in [5.74, 6) is 0.564. The van der Waals surface area contributed by atoms with E-state index in [0.29, 0.717) is 16.7 Å². The zero-order valence-corrected chi connectivity index (χ0v) is 16.3. The van der Waals surface area contributed by atoms with Gasteiger partial charge in [0.15, 0.2) is 5.58 Å². The Morgan fingerprint density at radius 2 is 1.67 bits per heavy atom. The summed E-state index contributed by atoms with van der Waals surface area (Å²) in [5.41, 5.74) is 2.63. The van der Waals surface area contributed by atoms with Crippen LogP contribution in [-0.2, 0) is 11.2 Å². The minimum atomic E-state index is -0.368. The summed E-state index contributed by atoms with van der Waals surface area (Å²) in [6.45, 7) is 2.25. The number of unbranched alkanes of at least 4 members (excludes halogenated alkanes) is 7. The average Bonchev–Trinajstić information content (AvgIpc) is 3.12. The van der Waals surface area contributed by atoms with E-state index >= 15 is 0 Å². The smallest absolute Gasteiger partial charge is 0.337 e. The second-order valence-electron chi connectivity index (χ2n) is 7.08. The van der Waals surface area contributed by atoms with Gasteiger partial charge < -0.3 is 9.15 Å². The van der Waals surface area contributed by atoms with Crippen LogP contribution >= 0.6 is 0 Å². The van der Waals surface area contributed by atoms with E-state index in [4.69, 9.17) is 9.15 Å². The van der Waals surface area contributed by atoms with Gasteiger partial charge in [-0.05, 0) is 24.6 Å². The number of carbonyl (C=O) groups excluding carboxylic acids is 1. The normalized spacial score (nSPS) is 11.3. The standard InChI is InChI=1S/C22H28N2O3/c1-3-4-5-6-7-8-9-10-11-17-15-20-21(27-17)18-14-16(22(25)26-2)12-13-19(18)23-24-20/h12-15H,3-11H2,1-2H3. The number of benzene rings is 1. The van der Waals surface area contributed by atoms with Gasteiger partial charge in [-0.3, -0.25) is 0 Å². The largest absolute Gasteiger partial charge is 0.465 e. The number of nitrogens with zero attached hydrogens (tertiary/aromatic N) is 2. The Labute approximate surface area is 160 Å². The second-order valence-corrected chi connectivity index (χ2v) is 7.08. The van der Waals surface area contributed by atoms with Gasteiger partial charge in [-0.1, -0.05) is 51.9 Å². The van der Waals surface area contributed by atoms with E-state index in [1.807, 2.05) is 6.07 Å². The molecule has 0 saturated carbocycles. The minimum absolute atomic E-state index is 0.368. The third-order valence-corrected chi connectivity index (χ3v) is 4.97. The molecule has 0 bridgehead atoms. The van der Waals surface area contributed by atoms with Crippen LogP contribution in [-0.4, -0.2) is 23.3 Å². The Kier molecular flexibility index (Phi) is 6.80. The van der Waals surface area contributed by atoms with Crippen molar-refractivity contribution >= 4 is 28.0 Å². The van der Waals surface area contributed by atoms with Crippen molar-refractivity contribution in [3.63, 3.8) is 0 Å². The molecule has 0 aliphatic carbocycles. The number of aromatic nitrogens is 2. The lowest BCUT2D eigenvalue weighted by Crippen LogP contribution is -2.00. The number of esters is 1. The molecule has 0 saturated heterocycles. The Bertz CT molecular complexity index is 901. The van der Waals surface area contributed by atoms with Crippen molar-refractivity contribution < 1.29 is 13.9 Å². The van der Waals surface area contributed by atoms with Crippen LogP contribution in [0.15, 0.2) is 28.7 Å². The van der Waals surface area contributed by atoms with E-state index in [1.54, 1.807) is 18.2 Å². The molecule has 2 aromatic heterocycles. The predicted molar refractivity (Wildman–Crippen MR) is 107 cm³/mol. The molecule has 3 rings (SSSR count). The summed E-state index contributed by atoms with van der Waals surface area (Å²) in [4.78, 5) is 11.8. The lowest BCUT2D eigenvalue weighted by Gasteiger charge is -2.02. The lowest BCUT2D eigenvalue weighted by molar-refractivity contribution is 0.0601. The van der Waals surface area contributed by atoms with Gasteiger partial charge in [0.1, 0.15) is 11.3 Å². The zero-order chi connectivity index (χ0) is 19.1. The van der Waals surface area contributed by atoms with Crippen molar-refractivity contribution in [3.8, 4) is 0 Å². The number of furan rings is 1. The summed E-state index contributed by atoms with van der Waals surface area (Å²) in [5, 5.41) is 9.28. The number of aryl methyl sites for hydroxylation is 1. The fraction of sp³-hybridized carbons (Fsp3) is 0.500. The molecule has 5 nitrogen and oxygen atoms in total. The van der Waals surface area contributed by atoms with Gasteiger partial charge in [-0.25, -0.2) is 4.79 Å². The number of methoxy groups -OCH3 is 1. The maximum Gasteiger partial charge on any atom is 0.337 e. The van der Waals surface area contributed by atoms with Gasteiger partial charge in [-0.2, -0.15) is 0 Å². The first kappa shape index (κ1) is 19.3. The highest BCUT2D eigenvalue weighted by atomic mass is 16.5. The van der Waals surface area contributed by atoms with Crippen molar-refractivity contribution in [1.82, 2.24) is 10.2 Å². The van der Waals surface area contributed by atoms with Crippen molar-refractivity contribution in [3.05, 3.63) is 35.6 Å². The molecule has 0 amide bonds. The van der Waals surface area contributed by atoms with Gasteiger partial charge >= 0.3 is 5.97 Å². The fourth-order valence-corrected chi connectivity index (χ4v) is 3.41. The number of hydrogen-bond donors (Lipinski definition) is 0. The van der Waals surface area contributed by atoms with Gasteiger partial charge in [0.2, 0.25) is 0 Å². The number of ether oxygens (including phenoxy) is 1. The lowest BCUT2D eigenvalue weighted by atomic mass is 10.1. The molecule has 0 fully saturated rings. The molecule has 0 radical (unpaired) electrons. The first-order valence-electron chi connectivity index (χ1n) is 10.00. The Hall–Kier alpha value is -2.43. The molecule has 5 heteroatoms. The van der Waals surface area contributed by atoms with Crippen molar-refractivity contribution in [2.45, 2.75) is 64.7 Å². The highest BCUT2D eigenvalue weighted by Crippen LogP contribution is 2.27. The third kappa shape index (κ3) is 4.85. The number of fused-ring (bicyclic) bond motifs is 3. The molecular formula is C22H28N2O3. The van der Waals surface area contributed by atoms with E-state index in [0.717, 1.165) is 29.5 Å². The minimum Gasteiger partial charge on any atom is -0.465 e. The van der Waals surface area contributed by atoms with E-state index in [9.17, 15) is 4.79 Å². The first-order valence-corrected chi connectivity index (χ1v) is 10.00. The summed E-state index contributed by atoms with van der Waals surface area (Å²) in [6, 6.07) is 7.20. The molecule has 3 aromatic rings. The average molecular weight is 368 g/mol. The van der Waals surface area contributed by atoms with Crippen LogP contribution in [0.5, 0.6) is 0 Å². The van der Waals surface area contributed by atoms with E-state index in [1.165, 1.54) is 52.1 Å². The van der Waals surface area contributed by atoms with E-state index in [-0.39, 0.29) is 5.97 Å². The highest BCUT2D eigenvalue weighted by molar-refractivity contribution is 6.03. The van der Waals surface area contributed by atoms with Crippen molar-refractivity contribution in [1.29, 1.82) is 0 Å². The molecule has 2 heterocycles. The summed E-state index contributed by atoms with van der Waals surface area (Å²) in [7, 11) is 1.38. The highest BCUT2D eigenvalue weighted by Gasteiger charge is 2.13. The Morgan fingerprint density at radius 1 is 0.963 bits per heavy atom. The molecule has 1 aromatic carbocycles. The molecule has 0 N–H and O–H groups in total. The van der Waals surface area contributed by atoms with Crippen LogP contribution < -0.4 is 0 Å². The summed E-state index contributed by atoms with van der Waals surface area (Å²) < 4.78 is 10.9. The van der Waals surface area contributed by atoms with Crippen molar-refractivity contribution in [2.75, 3.05) is 7.11 Å². The molecular weight excluding hydrogens is 340 g/mol. The zero-order valence-electron chi connectivity index (χ0n) is 16.3. The quantitative estimate of drug-likeness (QED) is 0.332. The maximum absolute atomic E-state index is 11.8. The van der Waals surface area contributed by atoms with Crippen LogP contribution in [0.25, 0.3) is 22.0 Å². The second kappa shape index (κ2) is 9.49. The summed E-state index contributed by atoms with van der Waals surface area (Å²) >= 11 is 0. The number of rotatable bonds is 10. The molecule has 144 valence electrons. The number of carbonyl (C=O) groups is 1. The topological polar surface area (TPSA) is 65.2 Å². The maximum atomic E-state index is 11.8. The van der Waals surface area contributed by atoms with Crippen LogP contribution in [0.4, 0.5) is 0 Å². The first-order chi connectivity index (χ1) is 13.2. The van der Waals surface area contributed by atoms with Gasteiger partial charge in [-0.15, -0.1) is 10.2 Å². The van der Waals surface area contributed by atoms with Gasteiger partial charge in [0.25, 0.3) is 0 Å².